The van der Waals surface area contributed by atoms with Gasteiger partial charge in [0.25, 0.3) is 5.91 Å². The number of carbonyl (C=O) groups excluding carboxylic acids is 3. The van der Waals surface area contributed by atoms with Crippen LogP contribution in [0, 0.1) is 0 Å². The topological polar surface area (TPSA) is 75.7 Å². The Bertz CT molecular complexity index is 624. The van der Waals surface area contributed by atoms with Crippen molar-refractivity contribution in [3.63, 3.8) is 0 Å². The first-order valence-electron chi connectivity index (χ1n) is 8.03. The molecule has 128 valence electrons. The van der Waals surface area contributed by atoms with Crippen LogP contribution in [0.4, 0.5) is 0 Å². The third-order valence-electron chi connectivity index (χ3n) is 3.93. The summed E-state index contributed by atoms with van der Waals surface area (Å²) >= 11 is 0. The number of likely N-dealkylation sites (tertiary alicyclic amines) is 1. The number of benzene rings is 1. The maximum atomic E-state index is 12.6. The quantitative estimate of drug-likeness (QED) is 0.636. The van der Waals surface area contributed by atoms with Crippen molar-refractivity contribution in [1.29, 1.82) is 0 Å². The molecular weight excluding hydrogens is 308 g/mol. The number of rotatable bonds is 6. The second-order valence-corrected chi connectivity index (χ2v) is 5.53. The highest BCUT2D eigenvalue weighted by Crippen LogP contribution is 2.21. The van der Waals surface area contributed by atoms with Crippen molar-refractivity contribution >= 4 is 17.8 Å². The number of nitrogens with one attached hydrogen (secondary N) is 1. The molecule has 1 fully saturated rings. The van der Waals surface area contributed by atoms with E-state index in [0.29, 0.717) is 31.7 Å². The molecule has 0 bridgehead atoms. The third-order valence-corrected chi connectivity index (χ3v) is 3.93. The first-order chi connectivity index (χ1) is 11.6. The van der Waals surface area contributed by atoms with Gasteiger partial charge in [-0.2, -0.15) is 0 Å². The van der Waals surface area contributed by atoms with Gasteiger partial charge in [0.1, 0.15) is 6.04 Å². The number of carbonyl (C=O) groups is 3. The highest BCUT2D eigenvalue weighted by Gasteiger charge is 2.35. The van der Waals surface area contributed by atoms with E-state index in [1.54, 1.807) is 36.1 Å². The molecular formula is C18H22N2O4. The Hall–Kier alpha value is -2.63. The smallest absolute Gasteiger partial charge is 0.328 e. The molecule has 6 nitrogen and oxygen atoms in total. The average Bonchev–Trinajstić information content (AvgIpc) is 3.09. The molecule has 1 aliphatic heterocycles. The zero-order chi connectivity index (χ0) is 17.5. The first-order valence-corrected chi connectivity index (χ1v) is 8.03. The number of amides is 2. The van der Waals surface area contributed by atoms with E-state index in [1.165, 1.54) is 6.08 Å². The number of esters is 1. The largest absolute Gasteiger partial charge is 0.464 e. The van der Waals surface area contributed by atoms with Crippen LogP contribution in [0.15, 0.2) is 36.9 Å². The Morgan fingerprint density at radius 2 is 2.04 bits per heavy atom. The predicted molar refractivity (Wildman–Crippen MR) is 89.2 cm³/mol. The molecule has 1 saturated heterocycles. The minimum absolute atomic E-state index is 0.174. The van der Waals surface area contributed by atoms with E-state index in [1.807, 2.05) is 0 Å². The second kappa shape index (κ2) is 8.29. The van der Waals surface area contributed by atoms with Gasteiger partial charge < -0.3 is 15.0 Å². The maximum Gasteiger partial charge on any atom is 0.328 e. The van der Waals surface area contributed by atoms with Crippen molar-refractivity contribution in [2.24, 2.45) is 0 Å². The fraction of sp³-hybridized carbons (Fsp3) is 0.389. The average molecular weight is 330 g/mol. The Morgan fingerprint density at radius 1 is 1.33 bits per heavy atom. The lowest BCUT2D eigenvalue weighted by Gasteiger charge is -2.23. The van der Waals surface area contributed by atoms with Gasteiger partial charge in [0.2, 0.25) is 5.91 Å². The molecule has 2 rings (SSSR count). The molecule has 1 atom stereocenters. The fourth-order valence-electron chi connectivity index (χ4n) is 2.69. The summed E-state index contributed by atoms with van der Waals surface area (Å²) in [6.07, 6.45) is 2.64. The van der Waals surface area contributed by atoms with Crippen LogP contribution in [0.3, 0.4) is 0 Å². The Morgan fingerprint density at radius 3 is 2.67 bits per heavy atom. The Balaban J connectivity index is 2.02. The van der Waals surface area contributed by atoms with Gasteiger partial charge in [-0.1, -0.05) is 18.7 Å². The van der Waals surface area contributed by atoms with E-state index in [-0.39, 0.29) is 17.8 Å². The summed E-state index contributed by atoms with van der Waals surface area (Å²) in [5.41, 5.74) is 1.40. The monoisotopic (exact) mass is 330 g/mol. The summed E-state index contributed by atoms with van der Waals surface area (Å²) in [5.74, 6) is -0.760. The molecule has 0 spiro atoms. The third kappa shape index (κ3) is 4.22. The van der Waals surface area contributed by atoms with E-state index in [0.717, 1.165) is 12.0 Å². The van der Waals surface area contributed by atoms with Crippen molar-refractivity contribution in [2.75, 3.05) is 13.2 Å². The van der Waals surface area contributed by atoms with Crippen LogP contribution < -0.4 is 5.32 Å². The number of nitrogens with zero attached hydrogens (tertiary/aromatic N) is 1. The summed E-state index contributed by atoms with van der Waals surface area (Å²) in [7, 11) is 0. The molecule has 6 heteroatoms. The summed E-state index contributed by atoms with van der Waals surface area (Å²) in [6, 6.07) is 6.48. The predicted octanol–water partition coefficient (Wildman–Crippen LogP) is 1.66. The van der Waals surface area contributed by atoms with Crippen LogP contribution in [0.25, 0.3) is 0 Å². The molecule has 1 aromatic carbocycles. The molecule has 2 amide bonds. The summed E-state index contributed by atoms with van der Waals surface area (Å²) < 4.78 is 5.05. The van der Waals surface area contributed by atoms with E-state index in [9.17, 15) is 14.4 Å². The summed E-state index contributed by atoms with van der Waals surface area (Å²) in [6.45, 7) is 6.37. The highest BCUT2D eigenvalue weighted by atomic mass is 16.5. The number of hydrogen-bond donors (Lipinski definition) is 1. The van der Waals surface area contributed by atoms with E-state index in [2.05, 4.69) is 11.9 Å². The maximum absolute atomic E-state index is 12.6. The van der Waals surface area contributed by atoms with Gasteiger partial charge in [-0.3, -0.25) is 9.59 Å². The molecule has 0 aliphatic carbocycles. The number of hydrogen-bond acceptors (Lipinski definition) is 4. The molecule has 0 radical (unpaired) electrons. The fourth-order valence-corrected chi connectivity index (χ4v) is 2.69. The van der Waals surface area contributed by atoms with E-state index >= 15 is 0 Å². The van der Waals surface area contributed by atoms with Gasteiger partial charge in [-0.05, 0) is 43.5 Å². The zero-order valence-electron chi connectivity index (χ0n) is 13.8. The van der Waals surface area contributed by atoms with Crippen molar-refractivity contribution in [3.05, 3.63) is 48.0 Å². The second-order valence-electron chi connectivity index (χ2n) is 5.53. The standard InChI is InChI=1S/C18H22N2O4/c1-3-16(21)19-12-13-7-9-14(10-8-13)17(22)20-11-5-6-15(20)18(23)24-4-2/h3,7-10,15H,1,4-6,11-12H2,2H3,(H,19,21)/t15-/m1/s1. The van der Waals surface area contributed by atoms with Crippen molar-refractivity contribution in [3.8, 4) is 0 Å². The molecule has 1 N–H and O–H groups in total. The Labute approximate surface area is 141 Å². The van der Waals surface area contributed by atoms with Crippen LogP contribution in [0.1, 0.15) is 35.7 Å². The van der Waals surface area contributed by atoms with Crippen LogP contribution in [0.2, 0.25) is 0 Å². The van der Waals surface area contributed by atoms with Gasteiger partial charge in [0.15, 0.2) is 0 Å². The zero-order valence-corrected chi connectivity index (χ0v) is 13.8. The SMILES string of the molecule is C=CC(=O)NCc1ccc(C(=O)N2CCC[C@@H]2C(=O)OCC)cc1. The summed E-state index contributed by atoms with van der Waals surface area (Å²) in [4.78, 5) is 37.3. The Kier molecular flexibility index (Phi) is 6.12. The molecule has 0 aromatic heterocycles. The first kappa shape index (κ1) is 17.7. The molecule has 1 aromatic rings. The molecule has 1 heterocycles. The van der Waals surface area contributed by atoms with Gasteiger partial charge in [0, 0.05) is 18.7 Å². The van der Waals surface area contributed by atoms with Gasteiger partial charge in [-0.25, -0.2) is 4.79 Å². The number of ether oxygens (including phenoxy) is 1. The lowest BCUT2D eigenvalue weighted by atomic mass is 10.1. The summed E-state index contributed by atoms with van der Waals surface area (Å²) in [5, 5.41) is 2.67. The molecule has 0 unspecified atom stereocenters. The van der Waals surface area contributed by atoms with E-state index in [4.69, 9.17) is 4.74 Å². The van der Waals surface area contributed by atoms with Gasteiger partial charge in [0.05, 0.1) is 6.61 Å². The minimum Gasteiger partial charge on any atom is -0.464 e. The van der Waals surface area contributed by atoms with Crippen LogP contribution in [-0.2, 0) is 20.9 Å². The van der Waals surface area contributed by atoms with Crippen molar-refractivity contribution < 1.29 is 19.1 Å². The lowest BCUT2D eigenvalue weighted by molar-refractivity contribution is -0.147. The van der Waals surface area contributed by atoms with Crippen LogP contribution in [0.5, 0.6) is 0 Å². The van der Waals surface area contributed by atoms with Crippen LogP contribution in [-0.4, -0.2) is 41.9 Å². The molecule has 1 aliphatic rings. The lowest BCUT2D eigenvalue weighted by Crippen LogP contribution is -2.41. The van der Waals surface area contributed by atoms with Crippen LogP contribution >= 0.6 is 0 Å². The van der Waals surface area contributed by atoms with Crippen molar-refractivity contribution in [2.45, 2.75) is 32.4 Å². The van der Waals surface area contributed by atoms with Gasteiger partial charge in [-0.15, -0.1) is 0 Å². The molecule has 24 heavy (non-hydrogen) atoms. The van der Waals surface area contributed by atoms with Crippen molar-refractivity contribution in [1.82, 2.24) is 10.2 Å². The van der Waals surface area contributed by atoms with E-state index < -0.39 is 6.04 Å². The minimum atomic E-state index is -0.496. The highest BCUT2D eigenvalue weighted by molar-refractivity contribution is 5.97. The normalized spacial score (nSPS) is 16.5. The van der Waals surface area contributed by atoms with Gasteiger partial charge >= 0.3 is 5.97 Å². The molecule has 0 saturated carbocycles.